The number of rotatable bonds is 11. The van der Waals surface area contributed by atoms with Crippen LogP contribution in [0, 0.1) is 0 Å². The van der Waals surface area contributed by atoms with Gasteiger partial charge in [-0.2, -0.15) is 8.42 Å². The molecule has 40 heavy (non-hydrogen) atoms. The van der Waals surface area contributed by atoms with Crippen LogP contribution >= 0.6 is 0 Å². The molecule has 3 aromatic rings. The van der Waals surface area contributed by atoms with Crippen molar-refractivity contribution in [3.8, 4) is 0 Å². The first-order valence-electron chi connectivity index (χ1n) is 14.7. The Morgan fingerprint density at radius 3 is 1.68 bits per heavy atom. The fourth-order valence-electron chi connectivity index (χ4n) is 6.03. The number of hydrogen-bond acceptors (Lipinski definition) is 2. The van der Waals surface area contributed by atoms with Gasteiger partial charge in [0.05, 0.1) is 11.2 Å². The van der Waals surface area contributed by atoms with Crippen molar-refractivity contribution in [2.75, 3.05) is 18.8 Å². The predicted octanol–water partition coefficient (Wildman–Crippen LogP) is 7.50. The maximum Gasteiger partial charge on any atom is 0.265 e. The average Bonchev–Trinajstić information content (AvgIpc) is 2.88. The molecule has 1 heterocycles. The number of nitrogens with zero attached hydrogens (tertiary/aromatic N) is 1. The van der Waals surface area contributed by atoms with E-state index in [0.29, 0.717) is 30.7 Å². The molecule has 0 spiro atoms. The summed E-state index contributed by atoms with van der Waals surface area (Å²) < 4.78 is 34.6. The highest BCUT2D eigenvalue weighted by molar-refractivity contribution is 7.85. The Labute approximate surface area is 241 Å². The molecule has 0 atom stereocenters. The van der Waals surface area contributed by atoms with Crippen LogP contribution in [0.15, 0.2) is 66.7 Å². The van der Waals surface area contributed by atoms with E-state index in [1.54, 1.807) is 0 Å². The van der Waals surface area contributed by atoms with Crippen molar-refractivity contribution in [2.45, 2.75) is 84.0 Å². The molecule has 1 N–H and O–H groups in total. The van der Waals surface area contributed by atoms with E-state index in [1.165, 1.54) is 38.9 Å². The van der Waals surface area contributed by atoms with Gasteiger partial charge >= 0.3 is 0 Å². The third-order valence-electron chi connectivity index (χ3n) is 8.37. The Morgan fingerprint density at radius 1 is 0.750 bits per heavy atom. The summed E-state index contributed by atoms with van der Waals surface area (Å²) in [6.45, 7) is 14.7. The van der Waals surface area contributed by atoms with E-state index in [9.17, 15) is 13.0 Å². The zero-order chi connectivity index (χ0) is 29.1. The molecular formula is C35H46NO3S+. The Morgan fingerprint density at radius 2 is 1.23 bits per heavy atom. The van der Waals surface area contributed by atoms with Gasteiger partial charge < -0.3 is 0 Å². The van der Waals surface area contributed by atoms with Gasteiger partial charge in [0, 0.05) is 12.0 Å². The van der Waals surface area contributed by atoms with Crippen molar-refractivity contribution in [3.05, 3.63) is 106 Å². The lowest BCUT2D eigenvalue weighted by molar-refractivity contribution is -0.534. The van der Waals surface area contributed by atoms with Crippen LogP contribution in [0.2, 0.25) is 0 Å². The third kappa shape index (κ3) is 7.50. The van der Waals surface area contributed by atoms with Gasteiger partial charge in [0.25, 0.3) is 10.1 Å². The maximum absolute atomic E-state index is 11.5. The van der Waals surface area contributed by atoms with Crippen LogP contribution in [0.4, 0.5) is 0 Å². The molecule has 0 saturated carbocycles. The largest absolute Gasteiger partial charge is 0.286 e. The van der Waals surface area contributed by atoms with E-state index in [-0.39, 0.29) is 11.2 Å². The normalized spacial score (nSPS) is 15.0. The van der Waals surface area contributed by atoms with Gasteiger partial charge in [-0.25, -0.2) is 4.58 Å². The first kappa shape index (κ1) is 30.2. The molecule has 0 unspecified atom stereocenters. The first-order valence-corrected chi connectivity index (χ1v) is 16.3. The molecule has 0 saturated heterocycles. The molecule has 1 aliphatic heterocycles. The number of hydrogen-bond donors (Lipinski definition) is 1. The lowest BCUT2D eigenvalue weighted by Gasteiger charge is -2.37. The summed E-state index contributed by atoms with van der Waals surface area (Å²) in [5, 5.41) is 0. The lowest BCUT2D eigenvalue weighted by atomic mass is 9.68. The summed E-state index contributed by atoms with van der Waals surface area (Å²) in [6, 6.07) is 25.1. The van der Waals surface area contributed by atoms with Crippen LogP contribution in [0.5, 0.6) is 0 Å². The Hall–Kier alpha value is -2.76. The minimum atomic E-state index is -3.99. The van der Waals surface area contributed by atoms with Gasteiger partial charge in [-0.3, -0.25) is 4.55 Å². The zero-order valence-electron chi connectivity index (χ0n) is 25.0. The Bertz CT molecular complexity index is 1380. The van der Waals surface area contributed by atoms with Gasteiger partial charge in [0.15, 0.2) is 12.8 Å². The SMILES string of the molecule is CC(C)c1ccc(CC2(Cc3ccc(C(C)C)cc3)C[N+](CCCS(=O)(=O)O)=Cc3cc(C(C)C)ccc32)cc1. The highest BCUT2D eigenvalue weighted by Crippen LogP contribution is 2.38. The smallest absolute Gasteiger partial charge is 0.265 e. The molecule has 0 bridgehead atoms. The molecule has 4 rings (SSSR count). The van der Waals surface area contributed by atoms with Crippen LogP contribution < -0.4 is 0 Å². The Kier molecular flexibility index (Phi) is 9.36. The van der Waals surface area contributed by atoms with Gasteiger partial charge in [0.1, 0.15) is 6.54 Å². The number of benzene rings is 3. The standard InChI is InChI=1S/C35H45NO3S/c1-25(2)30-12-8-28(9-13-30)21-35(22-29-10-14-31(15-11-29)26(3)4)24-36(18-7-19-40(37,38)39)23-33-20-32(27(5)6)16-17-34(33)35/h8-17,20,23,25-27H,7,18-19,21-22,24H2,1-6H3/p+1. The maximum atomic E-state index is 11.5. The summed E-state index contributed by atoms with van der Waals surface area (Å²) in [7, 11) is -3.99. The molecule has 3 aromatic carbocycles. The van der Waals surface area contributed by atoms with Crippen LogP contribution in [0.1, 0.15) is 105 Å². The third-order valence-corrected chi connectivity index (χ3v) is 9.17. The monoisotopic (exact) mass is 560 g/mol. The van der Waals surface area contributed by atoms with Crippen LogP contribution in [0.3, 0.4) is 0 Å². The van der Waals surface area contributed by atoms with Crippen molar-refractivity contribution in [1.29, 1.82) is 0 Å². The topological polar surface area (TPSA) is 57.4 Å². The summed E-state index contributed by atoms with van der Waals surface area (Å²) in [5.74, 6) is 1.16. The van der Waals surface area contributed by atoms with Crippen LogP contribution in [-0.4, -0.2) is 42.6 Å². The van der Waals surface area contributed by atoms with Crippen molar-refractivity contribution in [3.63, 3.8) is 0 Å². The molecule has 5 heteroatoms. The second-order valence-corrected chi connectivity index (χ2v) is 14.2. The molecule has 4 nitrogen and oxygen atoms in total. The summed E-state index contributed by atoms with van der Waals surface area (Å²) in [5.41, 5.74) is 8.96. The summed E-state index contributed by atoms with van der Waals surface area (Å²) in [4.78, 5) is 0. The van der Waals surface area contributed by atoms with Crippen LogP contribution in [-0.2, 0) is 28.4 Å². The van der Waals surface area contributed by atoms with E-state index >= 15 is 0 Å². The molecule has 0 radical (unpaired) electrons. The molecule has 0 aliphatic carbocycles. The molecule has 214 valence electrons. The molecule has 0 amide bonds. The van der Waals surface area contributed by atoms with Crippen molar-refractivity contribution < 1.29 is 17.5 Å². The molecule has 0 fully saturated rings. The van der Waals surface area contributed by atoms with E-state index in [4.69, 9.17) is 0 Å². The summed E-state index contributed by atoms with van der Waals surface area (Å²) in [6.07, 6.45) is 4.35. The van der Waals surface area contributed by atoms with E-state index < -0.39 is 10.1 Å². The summed E-state index contributed by atoms with van der Waals surface area (Å²) >= 11 is 0. The fourth-order valence-corrected chi connectivity index (χ4v) is 6.52. The van der Waals surface area contributed by atoms with Gasteiger partial charge in [-0.15, -0.1) is 0 Å². The van der Waals surface area contributed by atoms with Crippen molar-refractivity contribution in [2.24, 2.45) is 0 Å². The highest BCUT2D eigenvalue weighted by Gasteiger charge is 2.42. The van der Waals surface area contributed by atoms with E-state index in [1.807, 2.05) is 0 Å². The minimum Gasteiger partial charge on any atom is -0.286 e. The quantitative estimate of drug-likeness (QED) is 0.195. The minimum absolute atomic E-state index is 0.198. The second kappa shape index (κ2) is 12.4. The number of fused-ring (bicyclic) bond motifs is 1. The average molecular weight is 561 g/mol. The molecule has 1 aliphatic rings. The Balaban J connectivity index is 1.80. The van der Waals surface area contributed by atoms with Gasteiger partial charge in [-0.05, 0) is 70.0 Å². The van der Waals surface area contributed by atoms with E-state index in [0.717, 1.165) is 19.4 Å². The van der Waals surface area contributed by atoms with Crippen LogP contribution in [0.25, 0.3) is 0 Å². The lowest BCUT2D eigenvalue weighted by Crippen LogP contribution is -2.45. The molecular weight excluding hydrogens is 514 g/mol. The zero-order valence-corrected chi connectivity index (χ0v) is 25.8. The molecule has 0 aromatic heterocycles. The van der Waals surface area contributed by atoms with Crippen molar-refractivity contribution in [1.82, 2.24) is 0 Å². The van der Waals surface area contributed by atoms with Crippen molar-refractivity contribution >= 4 is 16.3 Å². The first-order chi connectivity index (χ1) is 18.8. The van der Waals surface area contributed by atoms with E-state index in [2.05, 4.69) is 119 Å². The van der Waals surface area contributed by atoms with Gasteiger partial charge in [-0.1, -0.05) is 102 Å². The fraction of sp³-hybridized carbons (Fsp3) is 0.457. The van der Waals surface area contributed by atoms with Gasteiger partial charge in [0.2, 0.25) is 0 Å². The predicted molar refractivity (Wildman–Crippen MR) is 167 cm³/mol. The highest BCUT2D eigenvalue weighted by atomic mass is 32.2. The second-order valence-electron chi connectivity index (χ2n) is 12.7.